The smallest absolute Gasteiger partial charge is 0.416 e. The van der Waals surface area contributed by atoms with Crippen molar-refractivity contribution in [1.82, 2.24) is 0 Å². The normalized spacial score (nSPS) is 11.5. The number of aromatic carboxylic acids is 1. The molecule has 0 unspecified atom stereocenters. The third-order valence-electron chi connectivity index (χ3n) is 3.04. The zero-order chi connectivity index (χ0) is 17.7. The molecule has 2 rings (SSSR count). The molecular formula is C17H12F3NO3. The second-order valence-electron chi connectivity index (χ2n) is 4.83. The van der Waals surface area contributed by atoms with Crippen LogP contribution < -0.4 is 5.32 Å². The van der Waals surface area contributed by atoms with Crippen molar-refractivity contribution in [3.05, 3.63) is 71.3 Å². The molecule has 2 N–H and O–H groups in total. The van der Waals surface area contributed by atoms with Gasteiger partial charge in [0.1, 0.15) is 0 Å². The van der Waals surface area contributed by atoms with Gasteiger partial charge in [-0.25, -0.2) is 4.79 Å². The third-order valence-corrected chi connectivity index (χ3v) is 3.04. The molecule has 124 valence electrons. The first-order valence-electron chi connectivity index (χ1n) is 6.75. The maximum Gasteiger partial charge on any atom is 0.416 e. The van der Waals surface area contributed by atoms with Crippen LogP contribution in [0.4, 0.5) is 18.9 Å². The second kappa shape index (κ2) is 6.99. The van der Waals surface area contributed by atoms with E-state index in [0.717, 1.165) is 18.2 Å². The number of anilines is 1. The van der Waals surface area contributed by atoms with Crippen LogP contribution in [0.2, 0.25) is 0 Å². The number of rotatable bonds is 4. The van der Waals surface area contributed by atoms with Gasteiger partial charge in [-0.1, -0.05) is 18.2 Å². The Bertz CT molecular complexity index is 780. The standard InChI is InChI=1S/C17H12F3NO3/c18-17(19,20)13-7-4-11(5-8-13)6-9-15(22)21-14-3-1-2-12(10-14)16(23)24/h1-10H,(H,21,22)(H,23,24)/b9-6+. The molecule has 0 spiro atoms. The van der Waals surface area contributed by atoms with Gasteiger partial charge in [0.25, 0.3) is 0 Å². The summed E-state index contributed by atoms with van der Waals surface area (Å²) < 4.78 is 37.3. The van der Waals surface area contributed by atoms with E-state index in [0.29, 0.717) is 11.3 Å². The molecule has 2 aromatic rings. The molecule has 7 heteroatoms. The highest BCUT2D eigenvalue weighted by atomic mass is 19.4. The van der Waals surface area contributed by atoms with Gasteiger partial charge in [-0.2, -0.15) is 13.2 Å². The van der Waals surface area contributed by atoms with Crippen LogP contribution in [0.15, 0.2) is 54.6 Å². The lowest BCUT2D eigenvalue weighted by atomic mass is 10.1. The van der Waals surface area contributed by atoms with Crippen LogP contribution in [0, 0.1) is 0 Å². The molecule has 0 atom stereocenters. The van der Waals surface area contributed by atoms with Crippen LogP contribution >= 0.6 is 0 Å². The number of benzene rings is 2. The Morgan fingerprint density at radius 2 is 1.71 bits per heavy atom. The molecule has 4 nitrogen and oxygen atoms in total. The highest BCUT2D eigenvalue weighted by Gasteiger charge is 2.29. The van der Waals surface area contributed by atoms with Gasteiger partial charge in [-0.05, 0) is 42.0 Å². The van der Waals surface area contributed by atoms with Crippen molar-refractivity contribution in [1.29, 1.82) is 0 Å². The van der Waals surface area contributed by atoms with Gasteiger partial charge >= 0.3 is 12.1 Å². The molecule has 0 bridgehead atoms. The summed E-state index contributed by atoms with van der Waals surface area (Å²) in [5.74, 6) is -1.65. The first-order chi connectivity index (χ1) is 11.3. The second-order valence-corrected chi connectivity index (χ2v) is 4.83. The molecule has 0 aromatic heterocycles. The van der Waals surface area contributed by atoms with E-state index in [1.807, 2.05) is 0 Å². The van der Waals surface area contributed by atoms with Crippen LogP contribution in [-0.2, 0) is 11.0 Å². The summed E-state index contributed by atoms with van der Waals surface area (Å²) >= 11 is 0. The number of halogens is 3. The fourth-order valence-electron chi connectivity index (χ4n) is 1.87. The Morgan fingerprint density at radius 3 is 2.29 bits per heavy atom. The number of carboxylic acid groups (broad SMARTS) is 1. The molecule has 0 aliphatic rings. The van der Waals surface area contributed by atoms with Crippen molar-refractivity contribution in [2.45, 2.75) is 6.18 Å². The van der Waals surface area contributed by atoms with E-state index in [-0.39, 0.29) is 5.56 Å². The number of alkyl halides is 3. The quantitative estimate of drug-likeness (QED) is 0.828. The monoisotopic (exact) mass is 335 g/mol. The fraction of sp³-hybridized carbons (Fsp3) is 0.0588. The molecule has 0 heterocycles. The Balaban J connectivity index is 2.03. The SMILES string of the molecule is O=C(/C=C/c1ccc(C(F)(F)F)cc1)Nc1cccc(C(=O)O)c1. The lowest BCUT2D eigenvalue weighted by molar-refractivity contribution is -0.137. The topological polar surface area (TPSA) is 66.4 Å². The lowest BCUT2D eigenvalue weighted by Gasteiger charge is -2.06. The zero-order valence-corrected chi connectivity index (χ0v) is 12.2. The van der Waals surface area contributed by atoms with Crippen molar-refractivity contribution in [2.75, 3.05) is 5.32 Å². The molecule has 24 heavy (non-hydrogen) atoms. The minimum Gasteiger partial charge on any atom is -0.478 e. The molecule has 0 aliphatic heterocycles. The van der Waals surface area contributed by atoms with E-state index in [9.17, 15) is 22.8 Å². The summed E-state index contributed by atoms with van der Waals surface area (Å²) in [5, 5.41) is 11.3. The van der Waals surface area contributed by atoms with Gasteiger partial charge < -0.3 is 10.4 Å². The van der Waals surface area contributed by atoms with E-state index in [4.69, 9.17) is 5.11 Å². The number of carbonyl (C=O) groups excluding carboxylic acids is 1. The van der Waals surface area contributed by atoms with Crippen molar-refractivity contribution in [2.24, 2.45) is 0 Å². The summed E-state index contributed by atoms with van der Waals surface area (Å²) in [6.45, 7) is 0. The zero-order valence-electron chi connectivity index (χ0n) is 12.2. The van der Waals surface area contributed by atoms with Gasteiger partial charge in [-0.3, -0.25) is 4.79 Å². The molecule has 2 aromatic carbocycles. The highest BCUT2D eigenvalue weighted by Crippen LogP contribution is 2.29. The van der Waals surface area contributed by atoms with Gasteiger partial charge in [-0.15, -0.1) is 0 Å². The van der Waals surface area contributed by atoms with Crippen molar-refractivity contribution in [3.63, 3.8) is 0 Å². The lowest BCUT2D eigenvalue weighted by Crippen LogP contribution is -2.08. The van der Waals surface area contributed by atoms with E-state index in [1.54, 1.807) is 0 Å². The predicted octanol–water partition coefficient (Wildman–Crippen LogP) is 4.06. The molecule has 0 saturated carbocycles. The largest absolute Gasteiger partial charge is 0.478 e. The maximum absolute atomic E-state index is 12.4. The minimum atomic E-state index is -4.41. The van der Waals surface area contributed by atoms with Crippen molar-refractivity contribution < 1.29 is 27.9 Å². The highest BCUT2D eigenvalue weighted by molar-refractivity contribution is 6.02. The Hall–Kier alpha value is -3.09. The number of carbonyl (C=O) groups is 2. The number of amides is 1. The van der Waals surface area contributed by atoms with Gasteiger partial charge in [0.15, 0.2) is 0 Å². The molecular weight excluding hydrogens is 323 g/mol. The average molecular weight is 335 g/mol. The molecule has 0 aliphatic carbocycles. The van der Waals surface area contributed by atoms with Crippen LogP contribution in [0.1, 0.15) is 21.5 Å². The first-order valence-corrected chi connectivity index (χ1v) is 6.75. The summed E-state index contributed by atoms with van der Waals surface area (Å²) in [5.41, 5.74) is -0.0106. The summed E-state index contributed by atoms with van der Waals surface area (Å²) in [7, 11) is 0. The van der Waals surface area contributed by atoms with Crippen LogP contribution in [0.25, 0.3) is 6.08 Å². The number of hydrogen-bond donors (Lipinski definition) is 2. The molecule has 0 saturated heterocycles. The number of nitrogens with one attached hydrogen (secondary N) is 1. The average Bonchev–Trinajstić information content (AvgIpc) is 2.53. The summed E-state index contributed by atoms with van der Waals surface area (Å²) in [4.78, 5) is 22.6. The Labute approximate surface area is 135 Å². The van der Waals surface area contributed by atoms with Gasteiger partial charge in [0, 0.05) is 11.8 Å². The van der Waals surface area contributed by atoms with Crippen molar-refractivity contribution >= 4 is 23.6 Å². The molecule has 0 radical (unpaired) electrons. The van der Waals surface area contributed by atoms with Gasteiger partial charge in [0.05, 0.1) is 11.1 Å². The van der Waals surface area contributed by atoms with E-state index >= 15 is 0 Å². The van der Waals surface area contributed by atoms with Crippen molar-refractivity contribution in [3.8, 4) is 0 Å². The maximum atomic E-state index is 12.4. The number of hydrogen-bond acceptors (Lipinski definition) is 2. The van der Waals surface area contributed by atoms with E-state index in [1.165, 1.54) is 42.5 Å². The first kappa shape index (κ1) is 17.3. The molecule has 1 amide bonds. The van der Waals surface area contributed by atoms with E-state index in [2.05, 4.69) is 5.32 Å². The fourth-order valence-corrected chi connectivity index (χ4v) is 1.87. The Morgan fingerprint density at radius 1 is 1.04 bits per heavy atom. The summed E-state index contributed by atoms with van der Waals surface area (Å²) in [6, 6.07) is 10.0. The summed E-state index contributed by atoms with van der Waals surface area (Å²) in [6.07, 6.45) is -1.90. The predicted molar refractivity (Wildman–Crippen MR) is 82.5 cm³/mol. The minimum absolute atomic E-state index is 0.0273. The van der Waals surface area contributed by atoms with E-state index < -0.39 is 23.6 Å². The molecule has 0 fully saturated rings. The van der Waals surface area contributed by atoms with Crippen LogP contribution in [-0.4, -0.2) is 17.0 Å². The Kier molecular flexibility index (Phi) is 5.03. The van der Waals surface area contributed by atoms with Crippen LogP contribution in [0.3, 0.4) is 0 Å². The number of carboxylic acids is 1. The van der Waals surface area contributed by atoms with Gasteiger partial charge in [0.2, 0.25) is 5.91 Å². The van der Waals surface area contributed by atoms with Crippen LogP contribution in [0.5, 0.6) is 0 Å². The third kappa shape index (κ3) is 4.70.